The van der Waals surface area contributed by atoms with Crippen LogP contribution in [0.1, 0.15) is 20.8 Å². The molecule has 122 valence electrons. The van der Waals surface area contributed by atoms with Crippen LogP contribution in [0.25, 0.3) is 11.3 Å². The third kappa shape index (κ3) is 4.44. The predicted molar refractivity (Wildman–Crippen MR) is 93.7 cm³/mol. The van der Waals surface area contributed by atoms with Crippen LogP contribution >= 0.6 is 22.6 Å². The second kappa shape index (κ2) is 6.57. The van der Waals surface area contributed by atoms with E-state index in [1.54, 1.807) is 26.8 Å². The highest BCUT2D eigenvalue weighted by atomic mass is 127. The average Bonchev–Trinajstić information content (AvgIpc) is 2.80. The monoisotopic (exact) mass is 429 g/mol. The zero-order valence-electron chi connectivity index (χ0n) is 12.8. The fourth-order valence-corrected chi connectivity index (χ4v) is 2.42. The van der Waals surface area contributed by atoms with Gasteiger partial charge in [0.25, 0.3) is 0 Å². The maximum Gasteiger partial charge on any atom is 0.418 e. The number of benzene rings is 1. The Balaban J connectivity index is 2.36. The van der Waals surface area contributed by atoms with Crippen molar-refractivity contribution >= 4 is 40.7 Å². The zero-order valence-corrected chi connectivity index (χ0v) is 15.0. The van der Waals surface area contributed by atoms with Crippen LogP contribution in [0.3, 0.4) is 0 Å². The molecular weight excluding hydrogens is 413 g/mol. The maximum absolute atomic E-state index is 11.8. The number of carboxylic acid groups (broad SMARTS) is 1. The Bertz CT molecular complexity index is 749. The highest BCUT2D eigenvalue weighted by Crippen LogP contribution is 2.25. The number of hydrogen-bond acceptors (Lipinski definition) is 4. The molecule has 0 saturated carbocycles. The lowest BCUT2D eigenvalue weighted by Crippen LogP contribution is -2.28. The van der Waals surface area contributed by atoms with E-state index >= 15 is 0 Å². The van der Waals surface area contributed by atoms with E-state index in [0.717, 1.165) is 8.14 Å². The summed E-state index contributed by atoms with van der Waals surface area (Å²) in [4.78, 5) is 27.4. The number of carbonyl (C=O) groups is 2. The van der Waals surface area contributed by atoms with Gasteiger partial charge in [0.1, 0.15) is 5.60 Å². The van der Waals surface area contributed by atoms with Crippen molar-refractivity contribution in [2.75, 3.05) is 5.32 Å². The Morgan fingerprint density at radius 2 is 2.04 bits per heavy atom. The molecule has 2 aromatic rings. The van der Waals surface area contributed by atoms with Crippen molar-refractivity contribution in [3.8, 4) is 11.3 Å². The van der Waals surface area contributed by atoms with E-state index in [1.165, 1.54) is 6.20 Å². The van der Waals surface area contributed by atoms with Crippen LogP contribution in [0.15, 0.2) is 30.5 Å². The third-order valence-corrected chi connectivity index (χ3v) is 3.36. The standard InChI is InChI=1S/C15H16IN3O4/c1-15(2,3)23-13(20)18-12-17-8-11(19(12)14(21)22)9-5-4-6-10(16)7-9/h4-8H,1-3H3,(H,21,22)(H,17,18,20). The maximum atomic E-state index is 11.8. The van der Waals surface area contributed by atoms with Crippen LogP contribution in [0.4, 0.5) is 15.5 Å². The molecule has 1 amide bonds. The van der Waals surface area contributed by atoms with Crippen molar-refractivity contribution in [1.29, 1.82) is 0 Å². The molecule has 0 unspecified atom stereocenters. The first-order valence-corrected chi connectivity index (χ1v) is 7.82. The molecule has 8 heteroatoms. The van der Waals surface area contributed by atoms with Crippen molar-refractivity contribution in [1.82, 2.24) is 9.55 Å². The summed E-state index contributed by atoms with van der Waals surface area (Å²) in [6.45, 7) is 5.15. The summed E-state index contributed by atoms with van der Waals surface area (Å²) < 4.78 is 6.98. The molecule has 7 nitrogen and oxygen atoms in total. The Hall–Kier alpha value is -2.10. The van der Waals surface area contributed by atoms with Gasteiger partial charge in [-0.05, 0) is 55.5 Å². The molecule has 1 aromatic carbocycles. The molecule has 1 aromatic heterocycles. The second-order valence-corrected chi connectivity index (χ2v) is 6.97. The van der Waals surface area contributed by atoms with Crippen molar-refractivity contribution in [3.63, 3.8) is 0 Å². The number of nitrogens with one attached hydrogen (secondary N) is 1. The summed E-state index contributed by atoms with van der Waals surface area (Å²) >= 11 is 2.14. The molecule has 0 saturated heterocycles. The van der Waals surface area contributed by atoms with Crippen LogP contribution in [0, 0.1) is 3.57 Å². The number of rotatable bonds is 2. The highest BCUT2D eigenvalue weighted by molar-refractivity contribution is 14.1. The third-order valence-electron chi connectivity index (χ3n) is 2.69. The van der Waals surface area contributed by atoms with Crippen molar-refractivity contribution in [2.45, 2.75) is 26.4 Å². The largest absolute Gasteiger partial charge is 0.464 e. The van der Waals surface area contributed by atoms with Gasteiger partial charge in [-0.3, -0.25) is 5.32 Å². The molecule has 23 heavy (non-hydrogen) atoms. The SMILES string of the molecule is CC(C)(C)OC(=O)Nc1ncc(-c2cccc(I)c2)n1C(=O)O. The molecule has 0 aliphatic carbocycles. The Labute approximate surface area is 146 Å². The molecule has 0 fully saturated rings. The van der Waals surface area contributed by atoms with Crippen LogP contribution in [-0.4, -0.2) is 32.4 Å². The van der Waals surface area contributed by atoms with Crippen LogP contribution in [0.5, 0.6) is 0 Å². The lowest BCUT2D eigenvalue weighted by molar-refractivity contribution is 0.0634. The second-order valence-electron chi connectivity index (χ2n) is 5.72. The van der Waals surface area contributed by atoms with E-state index in [4.69, 9.17) is 4.74 Å². The minimum Gasteiger partial charge on any atom is -0.464 e. The number of hydrogen-bond donors (Lipinski definition) is 2. The lowest BCUT2D eigenvalue weighted by atomic mass is 10.2. The Morgan fingerprint density at radius 3 is 2.61 bits per heavy atom. The molecular formula is C15H16IN3O4. The number of imidazole rings is 1. The smallest absolute Gasteiger partial charge is 0.418 e. The number of aromatic nitrogens is 2. The Kier molecular flexibility index (Phi) is 4.93. The summed E-state index contributed by atoms with van der Waals surface area (Å²) in [5, 5.41) is 11.8. The van der Waals surface area contributed by atoms with Gasteiger partial charge in [0.05, 0.1) is 11.9 Å². The molecule has 0 aliphatic rings. The topological polar surface area (TPSA) is 93.5 Å². The number of carbonyl (C=O) groups excluding carboxylic acids is 1. The van der Waals surface area contributed by atoms with E-state index in [-0.39, 0.29) is 5.95 Å². The number of amides is 1. The van der Waals surface area contributed by atoms with Gasteiger partial charge in [-0.25, -0.2) is 19.1 Å². The van der Waals surface area contributed by atoms with Gasteiger partial charge in [-0.1, -0.05) is 12.1 Å². The first-order valence-electron chi connectivity index (χ1n) is 6.74. The normalized spacial score (nSPS) is 11.1. The molecule has 0 atom stereocenters. The predicted octanol–water partition coefficient (Wildman–Crippen LogP) is 4.03. The van der Waals surface area contributed by atoms with Gasteiger partial charge in [0.15, 0.2) is 0 Å². The van der Waals surface area contributed by atoms with Gasteiger partial charge < -0.3 is 9.84 Å². The van der Waals surface area contributed by atoms with Crippen molar-refractivity contribution in [2.24, 2.45) is 0 Å². The number of ether oxygens (including phenoxy) is 1. The molecule has 0 aliphatic heterocycles. The summed E-state index contributed by atoms with van der Waals surface area (Å²) in [5.74, 6) is -0.111. The summed E-state index contributed by atoms with van der Waals surface area (Å²) in [6.07, 6.45) is -0.617. The van der Waals surface area contributed by atoms with Crippen LogP contribution in [0.2, 0.25) is 0 Å². The van der Waals surface area contributed by atoms with E-state index in [2.05, 4.69) is 32.9 Å². The lowest BCUT2D eigenvalue weighted by Gasteiger charge is -2.19. The minimum absolute atomic E-state index is 0.111. The van der Waals surface area contributed by atoms with E-state index in [0.29, 0.717) is 11.3 Å². The number of halogens is 1. The molecule has 0 bridgehead atoms. The summed E-state index contributed by atoms with van der Waals surface area (Å²) in [5.41, 5.74) is 0.356. The van der Waals surface area contributed by atoms with Crippen molar-refractivity contribution in [3.05, 3.63) is 34.0 Å². The van der Waals surface area contributed by atoms with Crippen LogP contribution in [-0.2, 0) is 4.74 Å². The minimum atomic E-state index is -1.25. The quantitative estimate of drug-likeness (QED) is 0.704. The van der Waals surface area contributed by atoms with Gasteiger partial charge >= 0.3 is 12.2 Å². The van der Waals surface area contributed by atoms with E-state index in [9.17, 15) is 14.7 Å². The van der Waals surface area contributed by atoms with Gasteiger partial charge in [0.2, 0.25) is 5.95 Å². The molecule has 2 N–H and O–H groups in total. The molecule has 1 heterocycles. The molecule has 2 rings (SSSR count). The zero-order chi connectivity index (χ0) is 17.2. The highest BCUT2D eigenvalue weighted by Gasteiger charge is 2.22. The molecule has 0 radical (unpaired) electrons. The molecule has 0 spiro atoms. The fourth-order valence-electron chi connectivity index (χ4n) is 1.88. The van der Waals surface area contributed by atoms with E-state index < -0.39 is 17.8 Å². The Morgan fingerprint density at radius 1 is 1.35 bits per heavy atom. The van der Waals surface area contributed by atoms with Gasteiger partial charge in [-0.15, -0.1) is 0 Å². The summed E-state index contributed by atoms with van der Waals surface area (Å²) in [6, 6.07) is 7.31. The number of anilines is 1. The number of nitrogens with zero attached hydrogens (tertiary/aromatic N) is 2. The van der Waals surface area contributed by atoms with Gasteiger partial charge in [0, 0.05) is 9.13 Å². The first-order chi connectivity index (χ1) is 10.7. The van der Waals surface area contributed by atoms with Crippen molar-refractivity contribution < 1.29 is 19.4 Å². The van der Waals surface area contributed by atoms with E-state index in [1.807, 2.05) is 18.2 Å². The van der Waals surface area contributed by atoms with Crippen LogP contribution < -0.4 is 5.32 Å². The first kappa shape index (κ1) is 17.3. The fraction of sp³-hybridized carbons (Fsp3) is 0.267. The van der Waals surface area contributed by atoms with Gasteiger partial charge in [-0.2, -0.15) is 0 Å². The average molecular weight is 429 g/mol. The summed E-state index contributed by atoms with van der Waals surface area (Å²) in [7, 11) is 0.